The Morgan fingerprint density at radius 1 is 1.57 bits per heavy atom. The van der Waals surface area contributed by atoms with Crippen LogP contribution in [0.25, 0.3) is 0 Å². The van der Waals surface area contributed by atoms with E-state index in [-0.39, 0.29) is 11.4 Å². The van der Waals surface area contributed by atoms with Crippen molar-refractivity contribution >= 4 is 17.5 Å². The number of carboxylic acid groups (broad SMARTS) is 1. The molecule has 74 valence electrons. The number of nitrogens with zero attached hydrogens (tertiary/aromatic N) is 1. The average molecular weight is 198 g/mol. The summed E-state index contributed by atoms with van der Waals surface area (Å²) in [7, 11) is 0. The van der Waals surface area contributed by atoms with Gasteiger partial charge in [0.15, 0.2) is 0 Å². The van der Waals surface area contributed by atoms with Crippen LogP contribution in [-0.4, -0.2) is 16.2 Å². The molecule has 0 saturated carbocycles. The molecule has 0 fully saturated rings. The molecule has 0 unspecified atom stereocenters. The number of nitro benzene ring substituents is 1. The number of ether oxygens (including phenoxy) is 1. The van der Waals surface area contributed by atoms with Gasteiger partial charge in [-0.2, -0.15) is 0 Å². The van der Waals surface area contributed by atoms with Gasteiger partial charge in [-0.15, -0.1) is 0 Å². The molecular weight excluding hydrogens is 192 g/mol. The lowest BCUT2D eigenvalue weighted by atomic mass is 10.2. The van der Waals surface area contributed by atoms with Crippen LogP contribution in [0, 0.1) is 10.1 Å². The second-order valence-electron chi connectivity index (χ2n) is 2.35. The largest absolute Gasteiger partial charge is 0.511 e. The molecule has 0 aliphatic carbocycles. The number of nitrogen functional groups attached to an aromatic ring is 1. The highest BCUT2D eigenvalue weighted by Gasteiger charge is 2.17. The van der Waals surface area contributed by atoms with Crippen molar-refractivity contribution in [3.63, 3.8) is 0 Å². The molecule has 1 aromatic rings. The van der Waals surface area contributed by atoms with E-state index in [1.807, 2.05) is 0 Å². The molecule has 1 rings (SSSR count). The van der Waals surface area contributed by atoms with Crippen LogP contribution < -0.4 is 10.5 Å². The lowest BCUT2D eigenvalue weighted by Crippen LogP contribution is -2.05. The Hall–Kier alpha value is -2.31. The summed E-state index contributed by atoms with van der Waals surface area (Å²) in [6, 6.07) is 3.44. The zero-order valence-corrected chi connectivity index (χ0v) is 6.84. The summed E-state index contributed by atoms with van der Waals surface area (Å²) in [5.74, 6) is -0.387. The second-order valence-corrected chi connectivity index (χ2v) is 2.35. The molecule has 1 aromatic carbocycles. The fraction of sp³-hybridized carbons (Fsp3) is 0. The number of hydrogen-bond donors (Lipinski definition) is 2. The smallest absolute Gasteiger partial charge is 0.449 e. The molecule has 0 radical (unpaired) electrons. The van der Waals surface area contributed by atoms with E-state index in [2.05, 4.69) is 4.74 Å². The van der Waals surface area contributed by atoms with Gasteiger partial charge in [-0.3, -0.25) is 10.1 Å². The normalized spacial score (nSPS) is 9.43. The minimum Gasteiger partial charge on any atom is -0.449 e. The molecule has 0 bridgehead atoms. The molecule has 0 spiro atoms. The first kappa shape index (κ1) is 9.78. The SMILES string of the molecule is Nc1ccc([N+](=O)[O-])c(OC(=O)O)c1. The quantitative estimate of drug-likeness (QED) is 0.243. The molecule has 0 saturated heterocycles. The summed E-state index contributed by atoms with van der Waals surface area (Å²) in [5, 5.41) is 18.7. The van der Waals surface area contributed by atoms with Crippen LogP contribution in [-0.2, 0) is 0 Å². The highest BCUT2D eigenvalue weighted by Crippen LogP contribution is 2.28. The minimum absolute atomic E-state index is 0.187. The summed E-state index contributed by atoms with van der Waals surface area (Å²) in [6.07, 6.45) is -1.63. The molecule has 0 aliphatic rings. The van der Waals surface area contributed by atoms with Crippen molar-refractivity contribution in [3.05, 3.63) is 28.3 Å². The highest BCUT2D eigenvalue weighted by molar-refractivity contribution is 5.66. The summed E-state index contributed by atoms with van der Waals surface area (Å²) in [4.78, 5) is 19.8. The minimum atomic E-state index is -1.63. The Bertz CT molecular complexity index is 390. The fourth-order valence-corrected chi connectivity index (χ4v) is 0.857. The van der Waals surface area contributed by atoms with Gasteiger partial charge < -0.3 is 15.6 Å². The van der Waals surface area contributed by atoms with Crippen molar-refractivity contribution < 1.29 is 19.6 Å². The molecule has 7 nitrogen and oxygen atoms in total. The number of carbonyl (C=O) groups is 1. The topological polar surface area (TPSA) is 116 Å². The Labute approximate surface area is 77.9 Å². The maximum atomic E-state index is 10.4. The lowest BCUT2D eigenvalue weighted by molar-refractivity contribution is -0.385. The molecule has 7 heteroatoms. The highest BCUT2D eigenvalue weighted by atomic mass is 16.7. The maximum absolute atomic E-state index is 10.4. The van der Waals surface area contributed by atoms with Gasteiger partial charge in [0, 0.05) is 17.8 Å². The van der Waals surface area contributed by atoms with E-state index in [4.69, 9.17) is 10.8 Å². The number of nitrogens with two attached hydrogens (primary N) is 1. The van der Waals surface area contributed by atoms with E-state index >= 15 is 0 Å². The van der Waals surface area contributed by atoms with Gasteiger partial charge in [0.2, 0.25) is 5.75 Å². The van der Waals surface area contributed by atoms with Crippen LogP contribution in [0.5, 0.6) is 5.75 Å². The molecule has 0 atom stereocenters. The summed E-state index contributed by atoms with van der Waals surface area (Å²) < 4.78 is 4.18. The molecule has 0 amide bonds. The van der Waals surface area contributed by atoms with Crippen LogP contribution in [0.2, 0.25) is 0 Å². The molecule has 0 aromatic heterocycles. The molecular formula is C7H6N2O5. The van der Waals surface area contributed by atoms with Crippen molar-refractivity contribution in [1.29, 1.82) is 0 Å². The van der Waals surface area contributed by atoms with Gasteiger partial charge in [0.25, 0.3) is 0 Å². The van der Waals surface area contributed by atoms with Crippen LogP contribution >= 0.6 is 0 Å². The van der Waals surface area contributed by atoms with Crippen molar-refractivity contribution in [2.24, 2.45) is 0 Å². The number of benzene rings is 1. The van der Waals surface area contributed by atoms with Gasteiger partial charge >= 0.3 is 11.8 Å². The zero-order valence-electron chi connectivity index (χ0n) is 6.84. The Morgan fingerprint density at radius 3 is 2.71 bits per heavy atom. The molecule has 0 heterocycles. The third kappa shape index (κ3) is 2.09. The van der Waals surface area contributed by atoms with E-state index in [9.17, 15) is 14.9 Å². The third-order valence-electron chi connectivity index (χ3n) is 1.38. The maximum Gasteiger partial charge on any atom is 0.511 e. The first-order valence-corrected chi connectivity index (χ1v) is 3.45. The van der Waals surface area contributed by atoms with E-state index < -0.39 is 16.8 Å². The monoisotopic (exact) mass is 198 g/mol. The Balaban J connectivity index is 3.15. The van der Waals surface area contributed by atoms with Gasteiger partial charge in [0.05, 0.1) is 4.92 Å². The number of anilines is 1. The van der Waals surface area contributed by atoms with Gasteiger partial charge in [-0.1, -0.05) is 0 Å². The summed E-state index contributed by atoms with van der Waals surface area (Å²) >= 11 is 0. The van der Waals surface area contributed by atoms with Crippen molar-refractivity contribution in [3.8, 4) is 5.75 Å². The van der Waals surface area contributed by atoms with Crippen LogP contribution in [0.3, 0.4) is 0 Å². The summed E-state index contributed by atoms with van der Waals surface area (Å²) in [5.41, 5.74) is 5.05. The standard InChI is InChI=1S/C7H6N2O5/c8-4-1-2-5(9(12)13)6(3-4)14-7(10)11/h1-3H,8H2,(H,10,11). The number of nitro groups is 1. The second kappa shape index (κ2) is 3.60. The first-order valence-electron chi connectivity index (χ1n) is 3.45. The summed E-state index contributed by atoms with van der Waals surface area (Å²) in [6.45, 7) is 0. The van der Waals surface area contributed by atoms with Gasteiger partial charge in [0.1, 0.15) is 0 Å². The molecule has 3 N–H and O–H groups in total. The predicted octanol–water partition coefficient (Wildman–Crippen LogP) is 1.23. The van der Waals surface area contributed by atoms with E-state index in [0.29, 0.717) is 0 Å². The molecule has 14 heavy (non-hydrogen) atoms. The van der Waals surface area contributed by atoms with Gasteiger partial charge in [-0.05, 0) is 6.07 Å². The zero-order chi connectivity index (χ0) is 10.7. The Morgan fingerprint density at radius 2 is 2.21 bits per heavy atom. The third-order valence-corrected chi connectivity index (χ3v) is 1.38. The Kier molecular flexibility index (Phi) is 2.52. The first-order chi connectivity index (χ1) is 6.50. The number of hydrogen-bond acceptors (Lipinski definition) is 5. The van der Waals surface area contributed by atoms with Crippen LogP contribution in [0.15, 0.2) is 18.2 Å². The molecule has 0 aliphatic heterocycles. The van der Waals surface area contributed by atoms with E-state index in [1.54, 1.807) is 0 Å². The van der Waals surface area contributed by atoms with Crippen molar-refractivity contribution in [2.45, 2.75) is 0 Å². The fourth-order valence-electron chi connectivity index (χ4n) is 0.857. The number of rotatable bonds is 2. The van der Waals surface area contributed by atoms with Crippen LogP contribution in [0.1, 0.15) is 0 Å². The van der Waals surface area contributed by atoms with Crippen molar-refractivity contribution in [1.82, 2.24) is 0 Å². The van der Waals surface area contributed by atoms with Gasteiger partial charge in [-0.25, -0.2) is 4.79 Å². The van der Waals surface area contributed by atoms with E-state index in [0.717, 1.165) is 12.1 Å². The average Bonchev–Trinajstić information content (AvgIpc) is 2.01. The lowest BCUT2D eigenvalue weighted by Gasteiger charge is -2.01. The van der Waals surface area contributed by atoms with Crippen LogP contribution in [0.4, 0.5) is 16.2 Å². The predicted molar refractivity (Wildman–Crippen MR) is 46.2 cm³/mol. The van der Waals surface area contributed by atoms with E-state index in [1.165, 1.54) is 6.07 Å². The van der Waals surface area contributed by atoms with Crippen molar-refractivity contribution in [2.75, 3.05) is 5.73 Å².